The lowest BCUT2D eigenvalue weighted by Crippen LogP contribution is -2.30. The number of carbonyl (C=O) groups excluding carboxylic acids is 1. The summed E-state index contributed by atoms with van der Waals surface area (Å²) >= 11 is 0. The molecule has 0 aliphatic carbocycles. The Labute approximate surface area is 108 Å². The monoisotopic (exact) mass is 248 g/mol. The van der Waals surface area contributed by atoms with E-state index in [2.05, 4.69) is 5.32 Å². The lowest BCUT2D eigenvalue weighted by atomic mass is 10.1. The Hall–Kier alpha value is -1.55. The number of β-amino-alcohol motifs (C(OH)–C–C–N with tert-alkyl or cyclic N) is 1. The van der Waals surface area contributed by atoms with Crippen molar-refractivity contribution in [1.82, 2.24) is 4.90 Å². The van der Waals surface area contributed by atoms with E-state index in [0.29, 0.717) is 25.1 Å². The van der Waals surface area contributed by atoms with E-state index in [0.717, 1.165) is 17.8 Å². The highest BCUT2D eigenvalue weighted by Crippen LogP contribution is 2.21. The molecule has 1 aliphatic heterocycles. The van der Waals surface area contributed by atoms with E-state index in [1.165, 1.54) is 0 Å². The van der Waals surface area contributed by atoms with E-state index in [1.807, 2.05) is 32.0 Å². The van der Waals surface area contributed by atoms with E-state index in [9.17, 15) is 9.90 Å². The average Bonchev–Trinajstić information content (AvgIpc) is 2.77. The van der Waals surface area contributed by atoms with Crippen LogP contribution in [0.3, 0.4) is 0 Å². The van der Waals surface area contributed by atoms with E-state index >= 15 is 0 Å². The van der Waals surface area contributed by atoms with E-state index in [4.69, 9.17) is 0 Å². The molecule has 1 amide bonds. The predicted octanol–water partition coefficient (Wildman–Crippen LogP) is 1.63. The van der Waals surface area contributed by atoms with Crippen LogP contribution in [0.25, 0.3) is 0 Å². The Morgan fingerprint density at radius 1 is 1.56 bits per heavy atom. The van der Waals surface area contributed by atoms with Crippen molar-refractivity contribution in [3.05, 3.63) is 29.3 Å². The molecule has 1 unspecified atom stereocenters. The molecule has 1 saturated heterocycles. The zero-order valence-corrected chi connectivity index (χ0v) is 10.9. The van der Waals surface area contributed by atoms with Gasteiger partial charge in [0.15, 0.2) is 0 Å². The van der Waals surface area contributed by atoms with Crippen molar-refractivity contribution in [2.45, 2.75) is 26.4 Å². The molecule has 1 atom stereocenters. The normalized spacial score (nSPS) is 19.1. The van der Waals surface area contributed by atoms with Gasteiger partial charge in [0.1, 0.15) is 0 Å². The first-order valence-electron chi connectivity index (χ1n) is 6.43. The second kappa shape index (κ2) is 5.40. The first-order chi connectivity index (χ1) is 8.61. The molecule has 18 heavy (non-hydrogen) atoms. The molecule has 0 bridgehead atoms. The molecule has 4 nitrogen and oxygen atoms in total. The van der Waals surface area contributed by atoms with Crippen LogP contribution in [-0.2, 0) is 0 Å². The van der Waals surface area contributed by atoms with Gasteiger partial charge in [-0.25, -0.2) is 0 Å². The Bertz CT molecular complexity index is 445. The Morgan fingerprint density at radius 2 is 2.33 bits per heavy atom. The Balaban J connectivity index is 2.25. The number of aliphatic hydroxyl groups is 1. The van der Waals surface area contributed by atoms with E-state index < -0.39 is 0 Å². The molecule has 1 aliphatic rings. The summed E-state index contributed by atoms with van der Waals surface area (Å²) in [5.41, 5.74) is 2.64. The second-order valence-electron chi connectivity index (χ2n) is 4.77. The zero-order valence-electron chi connectivity index (χ0n) is 10.9. The van der Waals surface area contributed by atoms with Gasteiger partial charge in [0, 0.05) is 25.3 Å². The van der Waals surface area contributed by atoms with Crippen LogP contribution in [-0.4, -0.2) is 41.7 Å². The van der Waals surface area contributed by atoms with Crippen molar-refractivity contribution < 1.29 is 9.90 Å². The highest BCUT2D eigenvalue weighted by atomic mass is 16.3. The van der Waals surface area contributed by atoms with Gasteiger partial charge in [0.2, 0.25) is 0 Å². The van der Waals surface area contributed by atoms with Gasteiger partial charge in [-0.2, -0.15) is 0 Å². The standard InChI is InChI=1S/C14H20N2O2/c1-3-15-13-5-4-10(2)8-12(13)14(18)16-7-6-11(17)9-16/h4-5,8,11,15,17H,3,6-7,9H2,1-2H3. The maximum absolute atomic E-state index is 12.4. The fourth-order valence-electron chi connectivity index (χ4n) is 2.28. The molecular formula is C14H20N2O2. The van der Waals surface area contributed by atoms with E-state index in [-0.39, 0.29) is 12.0 Å². The van der Waals surface area contributed by atoms with Gasteiger partial charge >= 0.3 is 0 Å². The maximum atomic E-state index is 12.4. The number of carbonyl (C=O) groups is 1. The fourth-order valence-corrected chi connectivity index (χ4v) is 2.28. The van der Waals surface area contributed by atoms with Gasteiger partial charge in [-0.3, -0.25) is 4.79 Å². The highest BCUT2D eigenvalue weighted by molar-refractivity contribution is 6.00. The molecule has 1 aromatic carbocycles. The molecule has 1 aromatic rings. The Morgan fingerprint density at radius 3 is 2.94 bits per heavy atom. The minimum absolute atomic E-state index is 0.00574. The van der Waals surface area contributed by atoms with Gasteiger partial charge in [-0.1, -0.05) is 11.6 Å². The number of nitrogens with zero attached hydrogens (tertiary/aromatic N) is 1. The molecule has 1 fully saturated rings. The summed E-state index contributed by atoms with van der Waals surface area (Å²) in [6.07, 6.45) is 0.301. The van der Waals surface area contributed by atoms with Gasteiger partial charge in [0.05, 0.1) is 11.7 Å². The fraction of sp³-hybridized carbons (Fsp3) is 0.500. The SMILES string of the molecule is CCNc1ccc(C)cc1C(=O)N1CCC(O)C1. The van der Waals surface area contributed by atoms with Crippen molar-refractivity contribution in [3.8, 4) is 0 Å². The minimum Gasteiger partial charge on any atom is -0.391 e. The molecule has 0 radical (unpaired) electrons. The van der Waals surface area contributed by atoms with E-state index in [1.54, 1.807) is 4.90 Å². The lowest BCUT2D eigenvalue weighted by molar-refractivity contribution is 0.0766. The molecule has 2 rings (SSSR count). The van der Waals surface area contributed by atoms with Crippen LogP contribution >= 0.6 is 0 Å². The van der Waals surface area contributed by atoms with Gasteiger partial charge in [-0.05, 0) is 32.4 Å². The molecule has 0 saturated carbocycles. The number of aryl methyl sites for hydroxylation is 1. The van der Waals surface area contributed by atoms with Crippen molar-refractivity contribution >= 4 is 11.6 Å². The number of nitrogens with one attached hydrogen (secondary N) is 1. The quantitative estimate of drug-likeness (QED) is 0.855. The predicted molar refractivity (Wildman–Crippen MR) is 71.9 cm³/mol. The summed E-state index contributed by atoms with van der Waals surface area (Å²) in [6.45, 7) is 5.85. The average molecular weight is 248 g/mol. The smallest absolute Gasteiger partial charge is 0.256 e. The van der Waals surface area contributed by atoms with Crippen LogP contribution in [0.1, 0.15) is 29.3 Å². The zero-order chi connectivity index (χ0) is 13.1. The molecular weight excluding hydrogens is 228 g/mol. The molecule has 2 N–H and O–H groups in total. The summed E-state index contributed by atoms with van der Waals surface area (Å²) in [5.74, 6) is 0.00574. The molecule has 0 aromatic heterocycles. The number of aliphatic hydroxyl groups excluding tert-OH is 1. The van der Waals surface area contributed by atoms with Crippen LogP contribution < -0.4 is 5.32 Å². The third-order valence-corrected chi connectivity index (χ3v) is 3.22. The van der Waals surface area contributed by atoms with Crippen molar-refractivity contribution in [2.24, 2.45) is 0 Å². The minimum atomic E-state index is -0.374. The van der Waals surface area contributed by atoms with Crippen LogP contribution in [0.2, 0.25) is 0 Å². The number of hydrogen-bond acceptors (Lipinski definition) is 3. The third kappa shape index (κ3) is 2.64. The summed E-state index contributed by atoms with van der Waals surface area (Å²) in [5, 5.41) is 12.7. The Kier molecular flexibility index (Phi) is 3.87. The van der Waals surface area contributed by atoms with Crippen LogP contribution in [0, 0.1) is 6.92 Å². The lowest BCUT2D eigenvalue weighted by Gasteiger charge is -2.18. The summed E-state index contributed by atoms with van der Waals surface area (Å²) < 4.78 is 0. The van der Waals surface area contributed by atoms with Crippen molar-refractivity contribution in [1.29, 1.82) is 0 Å². The largest absolute Gasteiger partial charge is 0.391 e. The summed E-state index contributed by atoms with van der Waals surface area (Å²) in [4.78, 5) is 14.1. The first kappa shape index (κ1) is 12.9. The third-order valence-electron chi connectivity index (χ3n) is 3.22. The van der Waals surface area contributed by atoms with Crippen molar-refractivity contribution in [3.63, 3.8) is 0 Å². The van der Waals surface area contributed by atoms with Crippen LogP contribution in [0.4, 0.5) is 5.69 Å². The second-order valence-corrected chi connectivity index (χ2v) is 4.77. The van der Waals surface area contributed by atoms with Gasteiger partial charge in [-0.15, -0.1) is 0 Å². The summed E-state index contributed by atoms with van der Waals surface area (Å²) in [6, 6.07) is 5.84. The number of benzene rings is 1. The molecule has 4 heteroatoms. The number of amides is 1. The number of rotatable bonds is 3. The maximum Gasteiger partial charge on any atom is 0.256 e. The topological polar surface area (TPSA) is 52.6 Å². The molecule has 98 valence electrons. The first-order valence-corrected chi connectivity index (χ1v) is 6.43. The highest BCUT2D eigenvalue weighted by Gasteiger charge is 2.26. The summed E-state index contributed by atoms with van der Waals surface area (Å²) in [7, 11) is 0. The van der Waals surface area contributed by atoms with Crippen molar-refractivity contribution in [2.75, 3.05) is 25.0 Å². The van der Waals surface area contributed by atoms with Crippen LogP contribution in [0.5, 0.6) is 0 Å². The van der Waals surface area contributed by atoms with Gasteiger partial charge < -0.3 is 15.3 Å². The number of likely N-dealkylation sites (tertiary alicyclic amines) is 1. The molecule has 0 spiro atoms. The number of hydrogen-bond donors (Lipinski definition) is 2. The van der Waals surface area contributed by atoms with Gasteiger partial charge in [0.25, 0.3) is 5.91 Å². The molecule has 1 heterocycles. The van der Waals surface area contributed by atoms with Crippen LogP contribution in [0.15, 0.2) is 18.2 Å². The number of anilines is 1.